The Hall–Kier alpha value is -1.53. The van der Waals surface area contributed by atoms with E-state index < -0.39 is 0 Å². The molecule has 2 aromatic rings. The Morgan fingerprint density at radius 2 is 1.95 bits per heavy atom. The third-order valence-corrected chi connectivity index (χ3v) is 4.22. The maximum absolute atomic E-state index is 12.1. The Balaban J connectivity index is 2.06. The SMILES string of the molecule is O=c1[nH]c(-c2ccncc2)nc(C2CCOCC2)c1Br. The average Bonchev–Trinajstić information content (AvgIpc) is 2.51. The van der Waals surface area contributed by atoms with Crippen molar-refractivity contribution in [2.24, 2.45) is 0 Å². The molecule has 20 heavy (non-hydrogen) atoms. The fraction of sp³-hybridized carbons (Fsp3) is 0.357. The summed E-state index contributed by atoms with van der Waals surface area (Å²) < 4.78 is 5.90. The van der Waals surface area contributed by atoms with E-state index in [1.54, 1.807) is 12.4 Å². The zero-order valence-corrected chi connectivity index (χ0v) is 12.4. The highest BCUT2D eigenvalue weighted by Crippen LogP contribution is 2.30. The molecule has 0 spiro atoms. The molecule has 0 amide bonds. The lowest BCUT2D eigenvalue weighted by Crippen LogP contribution is -2.20. The molecular formula is C14H14BrN3O2. The van der Waals surface area contributed by atoms with Crippen molar-refractivity contribution in [1.82, 2.24) is 15.0 Å². The van der Waals surface area contributed by atoms with Crippen LogP contribution < -0.4 is 5.56 Å². The normalized spacial score (nSPS) is 16.2. The summed E-state index contributed by atoms with van der Waals surface area (Å²) in [4.78, 5) is 23.5. The summed E-state index contributed by atoms with van der Waals surface area (Å²) in [5.41, 5.74) is 1.54. The number of aromatic nitrogens is 3. The van der Waals surface area contributed by atoms with Crippen LogP contribution in [0.2, 0.25) is 0 Å². The number of nitrogens with one attached hydrogen (secondary N) is 1. The van der Waals surface area contributed by atoms with E-state index in [0.717, 1.165) is 37.3 Å². The highest BCUT2D eigenvalue weighted by Gasteiger charge is 2.22. The predicted molar refractivity (Wildman–Crippen MR) is 78.6 cm³/mol. The van der Waals surface area contributed by atoms with E-state index in [1.165, 1.54) is 0 Å². The van der Waals surface area contributed by atoms with Crippen LogP contribution in [0.5, 0.6) is 0 Å². The van der Waals surface area contributed by atoms with E-state index in [4.69, 9.17) is 4.74 Å². The molecule has 0 unspecified atom stereocenters. The zero-order valence-electron chi connectivity index (χ0n) is 10.8. The Morgan fingerprint density at radius 3 is 2.65 bits per heavy atom. The van der Waals surface area contributed by atoms with Gasteiger partial charge in [0.2, 0.25) is 0 Å². The van der Waals surface area contributed by atoms with E-state index in [0.29, 0.717) is 10.3 Å². The van der Waals surface area contributed by atoms with Crippen LogP contribution in [-0.4, -0.2) is 28.2 Å². The Kier molecular flexibility index (Phi) is 3.93. The van der Waals surface area contributed by atoms with Crippen molar-refractivity contribution in [3.63, 3.8) is 0 Å². The van der Waals surface area contributed by atoms with Crippen LogP contribution in [0.3, 0.4) is 0 Å². The number of rotatable bonds is 2. The van der Waals surface area contributed by atoms with Crippen molar-refractivity contribution < 1.29 is 4.74 Å². The number of halogens is 1. The summed E-state index contributed by atoms with van der Waals surface area (Å²) in [5, 5.41) is 0. The van der Waals surface area contributed by atoms with E-state index in [-0.39, 0.29) is 11.5 Å². The van der Waals surface area contributed by atoms with Crippen molar-refractivity contribution in [2.75, 3.05) is 13.2 Å². The second kappa shape index (κ2) is 5.85. The van der Waals surface area contributed by atoms with E-state index in [9.17, 15) is 4.79 Å². The topological polar surface area (TPSA) is 67.9 Å². The van der Waals surface area contributed by atoms with Gasteiger partial charge in [-0.05, 0) is 40.9 Å². The first-order valence-corrected chi connectivity index (χ1v) is 7.33. The van der Waals surface area contributed by atoms with Crippen LogP contribution >= 0.6 is 15.9 Å². The van der Waals surface area contributed by atoms with Gasteiger partial charge in [-0.15, -0.1) is 0 Å². The molecule has 0 radical (unpaired) electrons. The highest BCUT2D eigenvalue weighted by atomic mass is 79.9. The summed E-state index contributed by atoms with van der Waals surface area (Å²) >= 11 is 3.36. The second-order valence-electron chi connectivity index (χ2n) is 4.74. The van der Waals surface area contributed by atoms with Gasteiger partial charge >= 0.3 is 0 Å². The largest absolute Gasteiger partial charge is 0.381 e. The molecule has 1 aliphatic heterocycles. The van der Waals surface area contributed by atoms with Crippen LogP contribution in [0.15, 0.2) is 33.8 Å². The van der Waals surface area contributed by atoms with Gasteiger partial charge in [0.05, 0.1) is 5.69 Å². The number of ether oxygens (including phenoxy) is 1. The molecule has 1 N–H and O–H groups in total. The second-order valence-corrected chi connectivity index (χ2v) is 5.53. The van der Waals surface area contributed by atoms with Crippen molar-refractivity contribution >= 4 is 15.9 Å². The Labute approximate surface area is 124 Å². The predicted octanol–water partition coefficient (Wildman–Crippen LogP) is 2.49. The molecule has 0 aliphatic carbocycles. The zero-order chi connectivity index (χ0) is 13.9. The molecule has 3 rings (SSSR count). The standard InChI is InChI=1S/C14H14BrN3O2/c15-11-12(9-3-7-20-8-4-9)17-13(18-14(11)19)10-1-5-16-6-2-10/h1-2,5-6,9H,3-4,7-8H2,(H,17,18,19). The molecule has 3 heterocycles. The van der Waals surface area contributed by atoms with E-state index in [2.05, 4.69) is 30.9 Å². The maximum atomic E-state index is 12.1. The Morgan fingerprint density at radius 1 is 1.25 bits per heavy atom. The van der Waals surface area contributed by atoms with Crippen molar-refractivity contribution in [3.05, 3.63) is 45.0 Å². The van der Waals surface area contributed by atoms with Crippen LogP contribution in [-0.2, 0) is 4.74 Å². The summed E-state index contributed by atoms with van der Waals surface area (Å²) in [6.07, 6.45) is 5.16. The molecule has 1 fully saturated rings. The number of hydrogen-bond donors (Lipinski definition) is 1. The smallest absolute Gasteiger partial charge is 0.265 e. The first-order chi connectivity index (χ1) is 9.75. The summed E-state index contributed by atoms with van der Waals surface area (Å²) in [6.45, 7) is 1.44. The lowest BCUT2D eigenvalue weighted by Gasteiger charge is -2.22. The van der Waals surface area contributed by atoms with Gasteiger partial charge in [-0.25, -0.2) is 4.98 Å². The summed E-state index contributed by atoms with van der Waals surface area (Å²) in [6, 6.07) is 3.67. The summed E-state index contributed by atoms with van der Waals surface area (Å²) in [7, 11) is 0. The quantitative estimate of drug-likeness (QED) is 0.915. The van der Waals surface area contributed by atoms with Crippen LogP contribution in [0.1, 0.15) is 24.5 Å². The molecule has 0 bridgehead atoms. The monoisotopic (exact) mass is 335 g/mol. The first kappa shape index (κ1) is 13.5. The molecular weight excluding hydrogens is 322 g/mol. The van der Waals surface area contributed by atoms with Gasteiger partial charge in [0.1, 0.15) is 10.3 Å². The number of hydrogen-bond acceptors (Lipinski definition) is 4. The van der Waals surface area contributed by atoms with Crippen LogP contribution in [0, 0.1) is 0 Å². The average molecular weight is 336 g/mol. The van der Waals surface area contributed by atoms with E-state index >= 15 is 0 Å². The fourth-order valence-electron chi connectivity index (χ4n) is 2.36. The van der Waals surface area contributed by atoms with Crippen LogP contribution in [0.4, 0.5) is 0 Å². The lowest BCUT2D eigenvalue weighted by atomic mass is 9.96. The third-order valence-electron chi connectivity index (χ3n) is 3.45. The molecule has 2 aromatic heterocycles. The Bertz CT molecular complexity index is 651. The highest BCUT2D eigenvalue weighted by molar-refractivity contribution is 9.10. The molecule has 5 nitrogen and oxygen atoms in total. The van der Waals surface area contributed by atoms with E-state index in [1.807, 2.05) is 12.1 Å². The number of aromatic amines is 1. The minimum absolute atomic E-state index is 0.145. The van der Waals surface area contributed by atoms with Gasteiger partial charge in [0, 0.05) is 37.1 Å². The molecule has 1 saturated heterocycles. The van der Waals surface area contributed by atoms with Gasteiger partial charge in [0.25, 0.3) is 5.56 Å². The molecule has 0 saturated carbocycles. The van der Waals surface area contributed by atoms with Gasteiger partial charge in [-0.2, -0.15) is 0 Å². The van der Waals surface area contributed by atoms with Gasteiger partial charge < -0.3 is 9.72 Å². The van der Waals surface area contributed by atoms with Crippen LogP contribution in [0.25, 0.3) is 11.4 Å². The molecule has 104 valence electrons. The minimum atomic E-state index is -0.145. The number of H-pyrrole nitrogens is 1. The fourth-order valence-corrected chi connectivity index (χ4v) is 2.88. The molecule has 6 heteroatoms. The molecule has 0 aromatic carbocycles. The van der Waals surface area contributed by atoms with Gasteiger partial charge in [0.15, 0.2) is 0 Å². The summed E-state index contributed by atoms with van der Waals surface area (Å²) in [5.74, 6) is 0.850. The van der Waals surface area contributed by atoms with Gasteiger partial charge in [-0.1, -0.05) is 0 Å². The number of pyridine rings is 1. The number of nitrogens with zero attached hydrogens (tertiary/aromatic N) is 2. The van der Waals surface area contributed by atoms with Crippen molar-refractivity contribution in [3.8, 4) is 11.4 Å². The first-order valence-electron chi connectivity index (χ1n) is 6.53. The third kappa shape index (κ3) is 2.66. The minimum Gasteiger partial charge on any atom is -0.381 e. The lowest BCUT2D eigenvalue weighted by molar-refractivity contribution is 0.0843. The maximum Gasteiger partial charge on any atom is 0.265 e. The van der Waals surface area contributed by atoms with Gasteiger partial charge in [-0.3, -0.25) is 9.78 Å². The molecule has 1 aliphatic rings. The van der Waals surface area contributed by atoms with Crippen molar-refractivity contribution in [1.29, 1.82) is 0 Å². The van der Waals surface area contributed by atoms with Crippen molar-refractivity contribution in [2.45, 2.75) is 18.8 Å². The molecule has 0 atom stereocenters.